The van der Waals surface area contributed by atoms with Crippen molar-refractivity contribution in [3.63, 3.8) is 0 Å². The van der Waals surface area contributed by atoms with Crippen LogP contribution >= 0.6 is 27.5 Å². The molecule has 0 fully saturated rings. The van der Waals surface area contributed by atoms with Crippen LogP contribution in [0, 0.1) is 15.5 Å². The molecule has 108 valence electrons. The highest BCUT2D eigenvalue weighted by atomic mass is 79.9. The van der Waals surface area contributed by atoms with E-state index < -0.39 is 4.92 Å². The first-order valence-corrected chi connectivity index (χ1v) is 6.81. The van der Waals surface area contributed by atoms with E-state index in [1.165, 1.54) is 24.3 Å². The molecule has 0 aliphatic rings. The average molecular weight is 371 g/mol. The first kappa shape index (κ1) is 15.3. The minimum Gasteiger partial charge on any atom is -0.456 e. The number of hydrogen-bond acceptors (Lipinski definition) is 4. The van der Waals surface area contributed by atoms with Gasteiger partial charge in [-0.1, -0.05) is 11.6 Å². The van der Waals surface area contributed by atoms with Crippen LogP contribution in [0.5, 0.6) is 11.5 Å². The Morgan fingerprint density at radius 2 is 2.05 bits per heavy atom. The Kier molecular flexibility index (Phi) is 4.44. The summed E-state index contributed by atoms with van der Waals surface area (Å²) in [5.74, 6) is 0.519. The van der Waals surface area contributed by atoms with Crippen molar-refractivity contribution in [3.05, 3.63) is 61.6 Å². The summed E-state index contributed by atoms with van der Waals surface area (Å²) in [6.45, 7) is 0. The van der Waals surface area contributed by atoms with E-state index in [4.69, 9.17) is 27.5 Å². The van der Waals surface area contributed by atoms with E-state index in [9.17, 15) is 10.1 Å². The van der Waals surface area contributed by atoms with Gasteiger partial charge in [0, 0.05) is 17.7 Å². The molecule has 0 atom stereocenters. The molecule has 0 bridgehead atoms. The lowest BCUT2D eigenvalue weighted by molar-refractivity contribution is -0.384. The van der Waals surface area contributed by atoms with Gasteiger partial charge in [0.1, 0.15) is 17.3 Å². The van der Waals surface area contributed by atoms with Gasteiger partial charge in [0.25, 0.3) is 5.69 Å². The second kappa shape index (κ2) is 6.11. The first-order chi connectivity index (χ1) is 9.88. The number of benzene rings is 2. The zero-order chi connectivity index (χ0) is 15.6. The molecular weight excluding hydrogens is 362 g/mol. The lowest BCUT2D eigenvalue weighted by Gasteiger charge is -2.09. The third-order valence-corrected chi connectivity index (χ3v) is 3.55. The average Bonchev–Trinajstić information content (AvgIpc) is 2.40. The molecule has 3 N–H and O–H groups in total. The zero-order valence-corrected chi connectivity index (χ0v) is 12.8. The van der Waals surface area contributed by atoms with E-state index in [0.717, 1.165) is 0 Å². The van der Waals surface area contributed by atoms with Crippen LogP contribution < -0.4 is 10.5 Å². The molecule has 0 saturated heterocycles. The highest BCUT2D eigenvalue weighted by molar-refractivity contribution is 9.10. The van der Waals surface area contributed by atoms with Crippen LogP contribution in [0.15, 0.2) is 40.9 Å². The molecule has 0 spiro atoms. The van der Waals surface area contributed by atoms with Crippen molar-refractivity contribution in [2.24, 2.45) is 5.73 Å². The molecule has 0 aromatic heterocycles. The Morgan fingerprint density at radius 1 is 1.33 bits per heavy atom. The summed E-state index contributed by atoms with van der Waals surface area (Å²) in [7, 11) is 0. The van der Waals surface area contributed by atoms with Crippen molar-refractivity contribution in [2.75, 3.05) is 0 Å². The number of halogens is 2. The lowest BCUT2D eigenvalue weighted by atomic mass is 10.2. The Labute approximate surface area is 133 Å². The summed E-state index contributed by atoms with van der Waals surface area (Å²) < 4.78 is 6.14. The van der Waals surface area contributed by atoms with Gasteiger partial charge in [-0.25, -0.2) is 0 Å². The normalized spacial score (nSPS) is 10.2. The standard InChI is InChI=1S/C13H9BrClN3O3/c14-10-4-1-7(18(19)20)5-12(10)21-8-2-3-9(13(16)17)11(15)6-8/h1-6H,(H3,16,17). The van der Waals surface area contributed by atoms with Gasteiger partial charge in [-0.3, -0.25) is 15.5 Å². The van der Waals surface area contributed by atoms with Gasteiger partial charge in [0.15, 0.2) is 0 Å². The maximum Gasteiger partial charge on any atom is 0.273 e. The molecule has 2 aromatic carbocycles. The second-order valence-electron chi connectivity index (χ2n) is 4.03. The van der Waals surface area contributed by atoms with Crippen LogP contribution in [0.1, 0.15) is 5.56 Å². The van der Waals surface area contributed by atoms with E-state index in [-0.39, 0.29) is 22.3 Å². The van der Waals surface area contributed by atoms with E-state index in [1.807, 2.05) is 0 Å². The van der Waals surface area contributed by atoms with E-state index in [2.05, 4.69) is 15.9 Å². The van der Waals surface area contributed by atoms with Crippen LogP contribution in [0.25, 0.3) is 0 Å². The molecule has 2 rings (SSSR count). The monoisotopic (exact) mass is 369 g/mol. The number of nitro groups is 1. The van der Waals surface area contributed by atoms with Gasteiger partial charge in [-0.15, -0.1) is 0 Å². The molecule has 0 saturated carbocycles. The second-order valence-corrected chi connectivity index (χ2v) is 5.29. The zero-order valence-electron chi connectivity index (χ0n) is 10.5. The maximum atomic E-state index is 10.8. The Balaban J connectivity index is 2.34. The summed E-state index contributed by atoms with van der Waals surface area (Å²) in [5, 5.41) is 18.4. The van der Waals surface area contributed by atoms with Gasteiger partial charge in [0.2, 0.25) is 0 Å². The number of ether oxygens (including phenoxy) is 1. The fourth-order valence-electron chi connectivity index (χ4n) is 1.59. The van der Waals surface area contributed by atoms with Crippen molar-refractivity contribution in [1.29, 1.82) is 5.41 Å². The highest BCUT2D eigenvalue weighted by Crippen LogP contribution is 2.34. The van der Waals surface area contributed by atoms with E-state index in [0.29, 0.717) is 15.8 Å². The fourth-order valence-corrected chi connectivity index (χ4v) is 2.19. The number of non-ortho nitro benzene ring substituents is 1. The lowest BCUT2D eigenvalue weighted by Crippen LogP contribution is -2.11. The summed E-state index contributed by atoms with van der Waals surface area (Å²) in [6.07, 6.45) is 0. The molecule has 0 unspecified atom stereocenters. The number of nitro benzene ring substituents is 1. The molecule has 6 nitrogen and oxygen atoms in total. The third-order valence-electron chi connectivity index (χ3n) is 2.58. The van der Waals surface area contributed by atoms with Crippen molar-refractivity contribution in [2.45, 2.75) is 0 Å². The van der Waals surface area contributed by atoms with Gasteiger partial charge in [-0.2, -0.15) is 0 Å². The largest absolute Gasteiger partial charge is 0.456 e. The number of hydrogen-bond donors (Lipinski definition) is 2. The van der Waals surface area contributed by atoms with E-state index in [1.54, 1.807) is 12.1 Å². The van der Waals surface area contributed by atoms with Crippen LogP contribution in [0.2, 0.25) is 5.02 Å². The number of nitrogens with zero attached hydrogens (tertiary/aromatic N) is 1. The SMILES string of the molecule is N=C(N)c1ccc(Oc2cc([N+](=O)[O-])ccc2Br)cc1Cl. The Morgan fingerprint density at radius 3 is 2.62 bits per heavy atom. The van der Waals surface area contributed by atoms with Crippen molar-refractivity contribution < 1.29 is 9.66 Å². The highest BCUT2D eigenvalue weighted by Gasteiger charge is 2.12. The van der Waals surface area contributed by atoms with Crippen molar-refractivity contribution in [3.8, 4) is 11.5 Å². The van der Waals surface area contributed by atoms with Crippen LogP contribution in [-0.2, 0) is 0 Å². The van der Waals surface area contributed by atoms with Crippen molar-refractivity contribution in [1.82, 2.24) is 0 Å². The quantitative estimate of drug-likeness (QED) is 0.366. The molecule has 21 heavy (non-hydrogen) atoms. The Hall–Kier alpha value is -2.12. The summed E-state index contributed by atoms with van der Waals surface area (Å²) >= 11 is 9.25. The molecule has 0 aliphatic heterocycles. The summed E-state index contributed by atoms with van der Waals surface area (Å²) in [5.41, 5.74) is 5.68. The smallest absolute Gasteiger partial charge is 0.273 e. The number of rotatable bonds is 4. The number of nitrogens with two attached hydrogens (primary N) is 1. The van der Waals surface area contributed by atoms with Gasteiger partial charge < -0.3 is 10.5 Å². The molecule has 8 heteroatoms. The Bertz CT molecular complexity index is 737. The molecule has 0 aliphatic carbocycles. The number of amidine groups is 1. The summed E-state index contributed by atoms with van der Waals surface area (Å²) in [6, 6.07) is 8.81. The third kappa shape index (κ3) is 3.50. The van der Waals surface area contributed by atoms with Crippen LogP contribution in [0.4, 0.5) is 5.69 Å². The minimum atomic E-state index is -0.509. The maximum absolute atomic E-state index is 10.8. The van der Waals surface area contributed by atoms with Gasteiger partial charge in [-0.05, 0) is 34.1 Å². The molecular formula is C13H9BrClN3O3. The molecule has 0 radical (unpaired) electrons. The number of nitrogens with one attached hydrogen (secondary N) is 1. The van der Waals surface area contributed by atoms with Crippen LogP contribution in [0.3, 0.4) is 0 Å². The predicted molar refractivity (Wildman–Crippen MR) is 83.3 cm³/mol. The molecule has 2 aromatic rings. The van der Waals surface area contributed by atoms with E-state index >= 15 is 0 Å². The molecule has 0 heterocycles. The minimum absolute atomic E-state index is 0.0837. The number of nitrogen functional groups attached to an aromatic ring is 1. The van der Waals surface area contributed by atoms with Gasteiger partial charge >= 0.3 is 0 Å². The predicted octanol–water partition coefficient (Wildman–Crippen LogP) is 4.09. The molecule has 0 amide bonds. The van der Waals surface area contributed by atoms with Gasteiger partial charge in [0.05, 0.1) is 20.5 Å². The van der Waals surface area contributed by atoms with Crippen LogP contribution in [-0.4, -0.2) is 10.8 Å². The fraction of sp³-hybridized carbons (Fsp3) is 0. The topological polar surface area (TPSA) is 102 Å². The van der Waals surface area contributed by atoms with Crippen molar-refractivity contribution >= 4 is 39.1 Å². The first-order valence-electron chi connectivity index (χ1n) is 5.64. The summed E-state index contributed by atoms with van der Waals surface area (Å²) in [4.78, 5) is 10.3.